The van der Waals surface area contributed by atoms with Crippen molar-refractivity contribution >= 4 is 68.9 Å². The van der Waals surface area contributed by atoms with E-state index in [2.05, 4.69) is 32.9 Å². The van der Waals surface area contributed by atoms with Crippen LogP contribution < -0.4 is 14.8 Å². The number of nitriles is 1. The van der Waals surface area contributed by atoms with Gasteiger partial charge in [0, 0.05) is 47.2 Å². The minimum atomic E-state index is -1.62. The third kappa shape index (κ3) is 8.78. The average Bonchev–Trinajstić information content (AvgIpc) is 3.07. The molecule has 3 N–H and O–H groups in total. The molecule has 47 heavy (non-hydrogen) atoms. The third-order valence-electron chi connectivity index (χ3n) is 7.55. The second kappa shape index (κ2) is 16.5. The molecule has 4 rings (SSSR count). The molecule has 2 unspecified atom stereocenters. The number of alkyl halides is 3. The van der Waals surface area contributed by atoms with E-state index in [9.17, 15) is 20.3 Å². The first-order valence-corrected chi connectivity index (χ1v) is 17.2. The van der Waals surface area contributed by atoms with Gasteiger partial charge in [0.25, 0.3) is 0 Å². The van der Waals surface area contributed by atoms with E-state index in [-0.39, 0.29) is 30.5 Å². The van der Waals surface area contributed by atoms with E-state index in [1.807, 2.05) is 48.6 Å². The van der Waals surface area contributed by atoms with E-state index in [0.717, 1.165) is 16.4 Å². The summed E-state index contributed by atoms with van der Waals surface area (Å²) >= 11 is 23.4. The number of aliphatic carboxylic acids is 1. The second-order valence-electron chi connectivity index (χ2n) is 11.0. The number of ether oxygens (including phenoxy) is 3. The number of pyridine rings is 1. The predicted octanol–water partition coefficient (Wildman–Crippen LogP) is 6.90. The number of aliphatic hydroxyl groups is 1. The molecule has 13 heteroatoms. The number of benzene rings is 2. The Labute approximate surface area is 302 Å². The number of aromatic nitrogens is 1. The Bertz CT molecular complexity index is 1670. The number of hydrogen-bond acceptors (Lipinski definition) is 8. The Morgan fingerprint density at radius 1 is 1.15 bits per heavy atom. The Morgan fingerprint density at radius 2 is 1.91 bits per heavy atom. The SMILES string of the molecule is CC(CO)(NCc1cc(Cl)c(OCC2(OCCCI)C=CC=C(c3ccccc3)C2(Cl)Cl)cc1OCc1cncc(C#N)c1)C(=O)O. The number of rotatable bonds is 16. The summed E-state index contributed by atoms with van der Waals surface area (Å²) in [4.78, 5) is 15.9. The highest BCUT2D eigenvalue weighted by Gasteiger charge is 2.54. The number of carbonyl (C=O) groups is 1. The van der Waals surface area contributed by atoms with Crippen LogP contribution in [0.25, 0.3) is 5.57 Å². The molecule has 0 aliphatic heterocycles. The number of aliphatic hydroxyl groups excluding tert-OH is 1. The first-order chi connectivity index (χ1) is 22.5. The molecule has 0 spiro atoms. The van der Waals surface area contributed by atoms with Gasteiger partial charge in [-0.25, -0.2) is 0 Å². The summed E-state index contributed by atoms with van der Waals surface area (Å²) < 4.78 is 18.2. The summed E-state index contributed by atoms with van der Waals surface area (Å²) in [5, 5.41) is 31.7. The smallest absolute Gasteiger partial charge is 0.326 e. The van der Waals surface area contributed by atoms with Crippen molar-refractivity contribution in [2.45, 2.75) is 42.0 Å². The highest BCUT2D eigenvalue weighted by Crippen LogP contribution is 2.50. The zero-order valence-electron chi connectivity index (χ0n) is 25.4. The molecule has 0 bridgehead atoms. The fraction of sp³-hybridized carbons (Fsp3) is 0.324. The Balaban J connectivity index is 1.67. The standard InChI is InChI=1S/C34H33Cl3IN3O6/c1-32(21-42,31(43)44)41-19-26-14-28(35)30(15-29(26)45-20-24-13-23(16-39)17-40-18-24)46-22-33(47-12-6-11-38)10-5-9-27(34(33,36)37)25-7-3-2-4-8-25/h2-5,7-10,13-15,17-18,41-42H,6,11-12,19-22H2,1H3,(H,43,44). The van der Waals surface area contributed by atoms with Gasteiger partial charge in [-0.15, -0.1) is 0 Å². The molecule has 0 radical (unpaired) electrons. The molecule has 0 fully saturated rings. The molecule has 0 saturated carbocycles. The molecule has 2 aromatic carbocycles. The van der Waals surface area contributed by atoms with Crippen LogP contribution in [-0.2, 0) is 22.7 Å². The molecule has 1 aromatic heterocycles. The summed E-state index contributed by atoms with van der Waals surface area (Å²) in [7, 11) is 0. The van der Waals surface area contributed by atoms with Gasteiger partial charge in [0.1, 0.15) is 36.3 Å². The van der Waals surface area contributed by atoms with Crippen molar-refractivity contribution in [1.82, 2.24) is 10.3 Å². The molecular weight excluding hydrogens is 780 g/mol. The summed E-state index contributed by atoms with van der Waals surface area (Å²) in [5.41, 5.74) is 0.0634. The van der Waals surface area contributed by atoms with Crippen molar-refractivity contribution in [3.8, 4) is 17.6 Å². The normalized spacial score (nSPS) is 18.1. The van der Waals surface area contributed by atoms with E-state index in [0.29, 0.717) is 34.6 Å². The molecule has 0 amide bonds. The van der Waals surface area contributed by atoms with Crippen molar-refractivity contribution in [2.24, 2.45) is 0 Å². The Kier molecular flexibility index (Phi) is 13.0. The lowest BCUT2D eigenvalue weighted by Crippen LogP contribution is -2.53. The molecular formula is C34H33Cl3IN3O6. The molecule has 0 saturated heterocycles. The summed E-state index contributed by atoms with van der Waals surface area (Å²) in [5.74, 6) is -0.671. The van der Waals surface area contributed by atoms with Crippen LogP contribution in [0, 0.1) is 11.3 Å². The number of hydrogen-bond donors (Lipinski definition) is 3. The molecule has 1 heterocycles. The highest BCUT2D eigenvalue weighted by atomic mass is 127. The van der Waals surface area contributed by atoms with E-state index in [4.69, 9.17) is 49.0 Å². The van der Waals surface area contributed by atoms with E-state index in [1.165, 1.54) is 13.1 Å². The van der Waals surface area contributed by atoms with Crippen molar-refractivity contribution < 1.29 is 29.2 Å². The molecule has 9 nitrogen and oxygen atoms in total. The fourth-order valence-corrected chi connectivity index (χ4v) is 5.92. The van der Waals surface area contributed by atoms with Crippen LogP contribution in [0.3, 0.4) is 0 Å². The quantitative estimate of drug-likeness (QED) is 0.0803. The highest BCUT2D eigenvalue weighted by molar-refractivity contribution is 14.1. The van der Waals surface area contributed by atoms with Crippen molar-refractivity contribution in [3.05, 3.63) is 106 Å². The van der Waals surface area contributed by atoms with Gasteiger partial charge >= 0.3 is 5.97 Å². The number of carboxylic acids is 1. The van der Waals surface area contributed by atoms with Crippen LogP contribution in [-0.4, -0.2) is 60.9 Å². The number of nitrogens with one attached hydrogen (secondary N) is 1. The molecule has 1 aliphatic rings. The third-order valence-corrected chi connectivity index (χ3v) is 9.66. The predicted molar refractivity (Wildman–Crippen MR) is 190 cm³/mol. The van der Waals surface area contributed by atoms with Crippen molar-refractivity contribution in [3.63, 3.8) is 0 Å². The molecule has 3 aromatic rings. The van der Waals surface area contributed by atoms with Gasteiger partial charge in [-0.2, -0.15) is 5.26 Å². The molecule has 1 aliphatic carbocycles. The topological polar surface area (TPSA) is 134 Å². The maximum absolute atomic E-state index is 11.8. The zero-order chi connectivity index (χ0) is 34.1. The van der Waals surface area contributed by atoms with Crippen LogP contribution in [0.2, 0.25) is 5.02 Å². The van der Waals surface area contributed by atoms with Gasteiger partial charge in [0.05, 0.1) is 17.2 Å². The lowest BCUT2D eigenvalue weighted by Gasteiger charge is -2.43. The first-order valence-electron chi connectivity index (χ1n) is 14.5. The molecule has 2 atom stereocenters. The molecule has 248 valence electrons. The van der Waals surface area contributed by atoms with Gasteiger partial charge in [-0.1, -0.05) is 99.9 Å². The zero-order valence-corrected chi connectivity index (χ0v) is 29.8. The van der Waals surface area contributed by atoms with Crippen LogP contribution in [0.4, 0.5) is 0 Å². The largest absolute Gasteiger partial charge is 0.488 e. The second-order valence-corrected chi connectivity index (χ2v) is 13.8. The van der Waals surface area contributed by atoms with Gasteiger partial charge in [0.2, 0.25) is 0 Å². The Morgan fingerprint density at radius 3 is 2.60 bits per heavy atom. The lowest BCUT2D eigenvalue weighted by molar-refractivity contribution is -0.145. The first kappa shape index (κ1) is 36.9. The van der Waals surface area contributed by atoms with E-state index >= 15 is 0 Å². The minimum Gasteiger partial charge on any atom is -0.488 e. The van der Waals surface area contributed by atoms with E-state index < -0.39 is 28.0 Å². The van der Waals surface area contributed by atoms with Gasteiger partial charge < -0.3 is 24.4 Å². The summed E-state index contributed by atoms with van der Waals surface area (Å²) in [6, 6.07) is 16.4. The maximum Gasteiger partial charge on any atom is 0.326 e. The van der Waals surface area contributed by atoms with Crippen molar-refractivity contribution in [1.29, 1.82) is 5.26 Å². The number of nitrogens with zero attached hydrogens (tertiary/aromatic N) is 2. The van der Waals surface area contributed by atoms with Gasteiger partial charge in [-0.3, -0.25) is 15.1 Å². The maximum atomic E-state index is 11.8. The van der Waals surface area contributed by atoms with Crippen LogP contribution >= 0.6 is 57.4 Å². The monoisotopic (exact) mass is 811 g/mol. The number of halogens is 4. The van der Waals surface area contributed by atoms with Gasteiger partial charge in [-0.05, 0) is 42.7 Å². The van der Waals surface area contributed by atoms with Crippen LogP contribution in [0.5, 0.6) is 11.5 Å². The Hall–Kier alpha value is -2.89. The fourth-order valence-electron chi connectivity index (χ4n) is 4.68. The lowest BCUT2D eigenvalue weighted by atomic mass is 9.85. The number of carboxylic acid groups (broad SMARTS) is 1. The summed E-state index contributed by atoms with van der Waals surface area (Å²) in [6.07, 6.45) is 9.25. The van der Waals surface area contributed by atoms with Crippen LogP contribution in [0.15, 0.2) is 79.2 Å². The average molecular weight is 813 g/mol. The minimum absolute atomic E-state index is 0.0149. The van der Waals surface area contributed by atoms with Crippen molar-refractivity contribution in [2.75, 3.05) is 24.2 Å². The van der Waals surface area contributed by atoms with E-state index in [1.54, 1.807) is 30.5 Å². The van der Waals surface area contributed by atoms with Gasteiger partial charge in [0.15, 0.2) is 9.93 Å². The summed E-state index contributed by atoms with van der Waals surface area (Å²) in [6.45, 7) is 0.997. The number of allylic oxidation sites excluding steroid dienone is 2. The van der Waals surface area contributed by atoms with Crippen LogP contribution in [0.1, 0.15) is 35.6 Å².